The smallest absolute Gasteiger partial charge is 0.353 e. The number of aromatic nitrogens is 2. The molecule has 1 aliphatic heterocycles. The van der Waals surface area contributed by atoms with E-state index in [1.54, 1.807) is 24.3 Å². The van der Waals surface area contributed by atoms with Gasteiger partial charge in [0.1, 0.15) is 5.75 Å². The van der Waals surface area contributed by atoms with Gasteiger partial charge in [0.25, 0.3) is 0 Å². The number of nitrogens with two attached hydrogens (primary N) is 1. The molecule has 10 nitrogen and oxygen atoms in total. The van der Waals surface area contributed by atoms with Crippen molar-refractivity contribution in [3.63, 3.8) is 0 Å². The van der Waals surface area contributed by atoms with Crippen LogP contribution in [0.5, 0.6) is 5.75 Å². The molecule has 0 unspecified atom stereocenters. The molecule has 0 amide bonds. The first-order valence-electron chi connectivity index (χ1n) is 8.16. The van der Waals surface area contributed by atoms with Crippen LogP contribution in [0.1, 0.15) is 12.8 Å². The SMILES string of the molecule is COc1ccccc1Nc1nc(NC[C@H]2CCCO2)nc(N)c1[N+](=O)[O-]. The van der Waals surface area contributed by atoms with Crippen LogP contribution in [-0.2, 0) is 4.74 Å². The number of ether oxygens (including phenoxy) is 2. The van der Waals surface area contributed by atoms with E-state index in [0.29, 0.717) is 18.0 Å². The molecule has 26 heavy (non-hydrogen) atoms. The minimum absolute atomic E-state index is 0.0122. The number of rotatable bonds is 7. The van der Waals surface area contributed by atoms with Crippen molar-refractivity contribution in [1.29, 1.82) is 0 Å². The summed E-state index contributed by atoms with van der Waals surface area (Å²) in [5, 5.41) is 17.3. The molecule has 4 N–H and O–H groups in total. The van der Waals surface area contributed by atoms with Gasteiger partial charge in [-0.05, 0) is 25.0 Å². The van der Waals surface area contributed by atoms with Crippen molar-refractivity contribution < 1.29 is 14.4 Å². The Morgan fingerprint density at radius 1 is 1.42 bits per heavy atom. The molecule has 1 atom stereocenters. The van der Waals surface area contributed by atoms with Crippen LogP contribution in [0.3, 0.4) is 0 Å². The summed E-state index contributed by atoms with van der Waals surface area (Å²) in [4.78, 5) is 19.0. The third-order valence-corrected chi connectivity index (χ3v) is 3.97. The van der Waals surface area contributed by atoms with Gasteiger partial charge in [-0.2, -0.15) is 9.97 Å². The molecule has 0 radical (unpaired) electrons. The minimum Gasteiger partial charge on any atom is -0.495 e. The van der Waals surface area contributed by atoms with Crippen LogP contribution in [0.2, 0.25) is 0 Å². The molecular weight excluding hydrogens is 340 g/mol. The van der Waals surface area contributed by atoms with Crippen molar-refractivity contribution >= 4 is 29.0 Å². The van der Waals surface area contributed by atoms with Crippen LogP contribution < -0.4 is 21.1 Å². The van der Waals surface area contributed by atoms with Gasteiger partial charge in [0.2, 0.25) is 17.6 Å². The monoisotopic (exact) mass is 360 g/mol. The van der Waals surface area contributed by atoms with Crippen LogP contribution in [0, 0.1) is 10.1 Å². The predicted molar refractivity (Wildman–Crippen MR) is 96.8 cm³/mol. The molecule has 0 aliphatic carbocycles. The Bertz CT molecular complexity index is 794. The summed E-state index contributed by atoms with van der Waals surface area (Å²) in [6.07, 6.45) is 2.03. The quantitative estimate of drug-likeness (QED) is 0.501. The van der Waals surface area contributed by atoms with Gasteiger partial charge in [0.05, 0.1) is 23.8 Å². The Labute approximate surface area is 149 Å². The standard InChI is InChI=1S/C16H20N6O4/c1-25-12-7-3-2-6-11(12)19-15-13(22(23)24)14(17)20-16(21-15)18-9-10-5-4-8-26-10/h2-3,6-7,10H,4-5,8-9H2,1H3,(H4,17,18,19,20,21)/t10-/m1/s1. The Balaban J connectivity index is 1.88. The van der Waals surface area contributed by atoms with Crippen molar-refractivity contribution in [2.24, 2.45) is 0 Å². The Hall–Kier alpha value is -3.14. The lowest BCUT2D eigenvalue weighted by Gasteiger charge is -2.14. The van der Waals surface area contributed by atoms with E-state index >= 15 is 0 Å². The number of anilines is 4. The van der Waals surface area contributed by atoms with E-state index < -0.39 is 10.6 Å². The zero-order valence-electron chi connectivity index (χ0n) is 14.3. The molecule has 1 aromatic carbocycles. The van der Waals surface area contributed by atoms with Crippen molar-refractivity contribution in [1.82, 2.24) is 9.97 Å². The average molecular weight is 360 g/mol. The van der Waals surface area contributed by atoms with Crippen molar-refractivity contribution in [3.05, 3.63) is 34.4 Å². The molecule has 1 aromatic heterocycles. The molecule has 2 aromatic rings. The lowest BCUT2D eigenvalue weighted by molar-refractivity contribution is -0.383. The molecule has 3 rings (SSSR count). The number of nitrogen functional groups attached to an aromatic ring is 1. The maximum absolute atomic E-state index is 11.4. The summed E-state index contributed by atoms with van der Waals surface area (Å²) in [7, 11) is 1.51. The van der Waals surface area contributed by atoms with Crippen molar-refractivity contribution in [2.45, 2.75) is 18.9 Å². The Morgan fingerprint density at radius 2 is 2.23 bits per heavy atom. The number of nitrogens with one attached hydrogen (secondary N) is 2. The average Bonchev–Trinajstić information content (AvgIpc) is 3.13. The fraction of sp³-hybridized carbons (Fsp3) is 0.375. The number of nitrogens with zero attached hydrogens (tertiary/aromatic N) is 3. The van der Waals surface area contributed by atoms with Crippen LogP contribution in [0.25, 0.3) is 0 Å². The molecule has 0 saturated carbocycles. The highest BCUT2D eigenvalue weighted by Gasteiger charge is 2.24. The van der Waals surface area contributed by atoms with Gasteiger partial charge in [-0.1, -0.05) is 12.1 Å². The molecular formula is C16H20N6O4. The van der Waals surface area contributed by atoms with Crippen LogP contribution in [0.4, 0.5) is 29.0 Å². The maximum atomic E-state index is 11.4. The molecule has 0 spiro atoms. The second kappa shape index (κ2) is 7.83. The normalized spacial score (nSPS) is 16.3. The molecule has 2 heterocycles. The highest BCUT2D eigenvalue weighted by atomic mass is 16.6. The van der Waals surface area contributed by atoms with Gasteiger partial charge < -0.3 is 25.8 Å². The minimum atomic E-state index is -0.614. The van der Waals surface area contributed by atoms with Crippen molar-refractivity contribution in [3.8, 4) is 5.75 Å². The summed E-state index contributed by atoms with van der Waals surface area (Å²) in [5.41, 5.74) is 5.93. The number of benzene rings is 1. The second-order valence-corrected chi connectivity index (χ2v) is 5.73. The van der Waals surface area contributed by atoms with E-state index in [1.165, 1.54) is 7.11 Å². The first-order chi connectivity index (χ1) is 12.6. The van der Waals surface area contributed by atoms with Gasteiger partial charge in [-0.3, -0.25) is 10.1 Å². The third-order valence-electron chi connectivity index (χ3n) is 3.97. The summed E-state index contributed by atoms with van der Waals surface area (Å²) in [6.45, 7) is 1.24. The zero-order chi connectivity index (χ0) is 18.5. The maximum Gasteiger partial charge on any atom is 0.353 e. The molecule has 138 valence electrons. The summed E-state index contributed by atoms with van der Waals surface area (Å²) >= 11 is 0. The third kappa shape index (κ3) is 3.91. The van der Waals surface area contributed by atoms with Crippen molar-refractivity contribution in [2.75, 3.05) is 36.6 Å². The number of hydrogen-bond donors (Lipinski definition) is 3. The van der Waals surface area contributed by atoms with E-state index in [1.807, 2.05) is 0 Å². The van der Waals surface area contributed by atoms with Gasteiger partial charge in [-0.15, -0.1) is 0 Å². The van der Waals surface area contributed by atoms with E-state index in [2.05, 4.69) is 20.6 Å². The van der Waals surface area contributed by atoms with E-state index in [-0.39, 0.29) is 23.7 Å². The first-order valence-corrected chi connectivity index (χ1v) is 8.16. The van der Waals surface area contributed by atoms with Crippen LogP contribution >= 0.6 is 0 Å². The largest absolute Gasteiger partial charge is 0.495 e. The second-order valence-electron chi connectivity index (χ2n) is 5.73. The summed E-state index contributed by atoms with van der Waals surface area (Å²) < 4.78 is 10.8. The number of hydrogen-bond acceptors (Lipinski definition) is 9. The van der Waals surface area contributed by atoms with E-state index in [4.69, 9.17) is 15.2 Å². The predicted octanol–water partition coefficient (Wildman–Crippen LogP) is 2.31. The fourth-order valence-corrected chi connectivity index (χ4v) is 2.70. The van der Waals surface area contributed by atoms with E-state index in [9.17, 15) is 10.1 Å². The molecule has 1 fully saturated rings. The Morgan fingerprint density at radius 3 is 2.92 bits per heavy atom. The Kier molecular flexibility index (Phi) is 5.32. The lowest BCUT2D eigenvalue weighted by Crippen LogP contribution is -2.20. The molecule has 0 bridgehead atoms. The van der Waals surface area contributed by atoms with Gasteiger partial charge in [0.15, 0.2) is 0 Å². The van der Waals surface area contributed by atoms with E-state index in [0.717, 1.165) is 19.4 Å². The van der Waals surface area contributed by atoms with Crippen LogP contribution in [0.15, 0.2) is 24.3 Å². The van der Waals surface area contributed by atoms with Gasteiger partial charge in [-0.25, -0.2) is 0 Å². The molecule has 1 saturated heterocycles. The van der Waals surface area contributed by atoms with Crippen LogP contribution in [-0.4, -0.2) is 41.3 Å². The number of nitro groups is 1. The first kappa shape index (κ1) is 17.7. The zero-order valence-corrected chi connectivity index (χ0v) is 14.3. The van der Waals surface area contributed by atoms with Gasteiger partial charge in [0, 0.05) is 13.2 Å². The number of methoxy groups -OCH3 is 1. The lowest BCUT2D eigenvalue weighted by atomic mass is 10.2. The molecule has 1 aliphatic rings. The fourth-order valence-electron chi connectivity index (χ4n) is 2.70. The highest BCUT2D eigenvalue weighted by molar-refractivity contribution is 5.76. The topological polar surface area (TPSA) is 137 Å². The highest BCUT2D eigenvalue weighted by Crippen LogP contribution is 2.34. The number of para-hydroxylation sites is 2. The molecule has 10 heteroatoms. The summed E-state index contributed by atoms with van der Waals surface area (Å²) in [6, 6.07) is 7.02. The van der Waals surface area contributed by atoms with Gasteiger partial charge >= 0.3 is 5.69 Å². The summed E-state index contributed by atoms with van der Waals surface area (Å²) in [5.74, 6) is 0.480.